The first-order chi connectivity index (χ1) is 11.7. The van der Waals surface area contributed by atoms with E-state index in [-0.39, 0.29) is 11.4 Å². The Hall–Kier alpha value is -2.58. The first-order valence-electron chi connectivity index (χ1n) is 6.96. The fourth-order valence-electron chi connectivity index (χ4n) is 2.15. The molecule has 118 valence electrons. The lowest BCUT2D eigenvalue weighted by atomic mass is 10.1. The van der Waals surface area contributed by atoms with Crippen molar-refractivity contribution in [2.75, 3.05) is 0 Å². The SMILES string of the molecule is N=C1/C(=C\c2ccc(Sc3ccccc3)o2)C(=O)N=C2SC=NN12. The molecule has 0 fully saturated rings. The van der Waals surface area contributed by atoms with Crippen LogP contribution in [0.2, 0.25) is 0 Å². The van der Waals surface area contributed by atoms with Gasteiger partial charge in [-0.15, -0.1) is 0 Å². The average molecular weight is 354 g/mol. The number of aliphatic imine (C=N–C) groups is 1. The largest absolute Gasteiger partial charge is 0.450 e. The minimum atomic E-state index is -0.460. The lowest BCUT2D eigenvalue weighted by molar-refractivity contribution is -0.114. The van der Waals surface area contributed by atoms with Gasteiger partial charge in [-0.3, -0.25) is 10.2 Å². The summed E-state index contributed by atoms with van der Waals surface area (Å²) in [6.07, 6.45) is 1.53. The second-order valence-corrected chi connectivity index (χ2v) is 6.72. The van der Waals surface area contributed by atoms with Gasteiger partial charge in [0.2, 0.25) is 0 Å². The summed E-state index contributed by atoms with van der Waals surface area (Å²) >= 11 is 2.70. The molecule has 1 N–H and O–H groups in total. The van der Waals surface area contributed by atoms with Crippen LogP contribution in [0.1, 0.15) is 5.76 Å². The highest BCUT2D eigenvalue weighted by molar-refractivity contribution is 8.25. The predicted molar refractivity (Wildman–Crippen MR) is 95.3 cm³/mol. The fourth-order valence-corrected chi connectivity index (χ4v) is 3.56. The van der Waals surface area contributed by atoms with Gasteiger partial charge in [0, 0.05) is 4.90 Å². The van der Waals surface area contributed by atoms with Crippen molar-refractivity contribution < 1.29 is 9.21 Å². The Labute approximate surface area is 145 Å². The molecular weight excluding hydrogens is 344 g/mol. The molecule has 24 heavy (non-hydrogen) atoms. The van der Waals surface area contributed by atoms with Crippen molar-refractivity contribution in [2.24, 2.45) is 10.1 Å². The zero-order valence-corrected chi connectivity index (χ0v) is 13.8. The number of hydrazone groups is 1. The standard InChI is InChI=1S/C16H10N4O2S2/c17-14-12(15(21)19-16-20(14)18-9-23-16)8-10-6-7-13(22-10)24-11-4-2-1-3-5-11/h1-9,17H/b12-8+,17-14?. The Morgan fingerprint density at radius 2 is 2.04 bits per heavy atom. The third-order valence-electron chi connectivity index (χ3n) is 3.25. The van der Waals surface area contributed by atoms with Crippen molar-refractivity contribution in [1.82, 2.24) is 5.01 Å². The van der Waals surface area contributed by atoms with Gasteiger partial charge >= 0.3 is 0 Å². The Morgan fingerprint density at radius 3 is 2.88 bits per heavy atom. The monoisotopic (exact) mass is 354 g/mol. The molecule has 0 bridgehead atoms. The summed E-state index contributed by atoms with van der Waals surface area (Å²) < 4.78 is 5.73. The number of rotatable bonds is 3. The van der Waals surface area contributed by atoms with Crippen LogP contribution in [0.15, 0.2) is 72.5 Å². The second-order valence-electron chi connectivity index (χ2n) is 4.83. The van der Waals surface area contributed by atoms with Crippen molar-refractivity contribution in [3.8, 4) is 0 Å². The molecule has 4 rings (SSSR count). The molecule has 8 heteroatoms. The van der Waals surface area contributed by atoms with Gasteiger partial charge in [0.25, 0.3) is 5.91 Å². The maximum atomic E-state index is 12.1. The predicted octanol–water partition coefficient (Wildman–Crippen LogP) is 3.68. The molecule has 2 aliphatic rings. The summed E-state index contributed by atoms with van der Waals surface area (Å²) in [5.41, 5.74) is 1.70. The summed E-state index contributed by atoms with van der Waals surface area (Å²) in [7, 11) is 0. The van der Waals surface area contributed by atoms with E-state index in [1.165, 1.54) is 34.6 Å². The Balaban J connectivity index is 1.59. The summed E-state index contributed by atoms with van der Waals surface area (Å²) in [5, 5.41) is 14.6. The van der Waals surface area contributed by atoms with Crippen molar-refractivity contribution in [3.05, 3.63) is 53.8 Å². The molecule has 3 heterocycles. The number of fused-ring (bicyclic) bond motifs is 1. The number of benzene rings is 1. The van der Waals surface area contributed by atoms with E-state index in [1.807, 2.05) is 36.4 Å². The zero-order valence-electron chi connectivity index (χ0n) is 12.2. The van der Waals surface area contributed by atoms with Crippen LogP contribution in [-0.2, 0) is 4.79 Å². The number of hydrogen-bond acceptors (Lipinski definition) is 6. The third kappa shape index (κ3) is 2.81. The second kappa shape index (κ2) is 6.14. The molecule has 2 aromatic rings. The molecule has 1 amide bonds. The number of carbonyl (C=O) groups is 1. The normalized spacial score (nSPS) is 18.2. The van der Waals surface area contributed by atoms with Gasteiger partial charge in [0.15, 0.2) is 16.1 Å². The van der Waals surface area contributed by atoms with Crippen LogP contribution >= 0.6 is 23.5 Å². The average Bonchev–Trinajstić information content (AvgIpc) is 3.22. The highest BCUT2D eigenvalue weighted by atomic mass is 32.2. The van der Waals surface area contributed by atoms with E-state index in [0.717, 1.165) is 4.90 Å². The van der Waals surface area contributed by atoms with Gasteiger partial charge in [0.05, 0.1) is 11.1 Å². The maximum absolute atomic E-state index is 12.1. The quantitative estimate of drug-likeness (QED) is 0.850. The van der Waals surface area contributed by atoms with Gasteiger partial charge in [-0.1, -0.05) is 30.0 Å². The Bertz CT molecular complexity index is 915. The number of thioether (sulfide) groups is 1. The number of furan rings is 1. The molecule has 0 saturated carbocycles. The van der Waals surface area contributed by atoms with Crippen LogP contribution in [0.3, 0.4) is 0 Å². The number of amides is 1. The maximum Gasteiger partial charge on any atom is 0.283 e. The lowest BCUT2D eigenvalue weighted by Gasteiger charge is -2.19. The van der Waals surface area contributed by atoms with E-state index in [4.69, 9.17) is 9.83 Å². The van der Waals surface area contributed by atoms with Crippen molar-refractivity contribution >= 4 is 52.1 Å². The first kappa shape index (κ1) is 15.0. The van der Waals surface area contributed by atoms with E-state index < -0.39 is 5.91 Å². The molecule has 0 saturated heterocycles. The fraction of sp³-hybridized carbons (Fsp3) is 0. The van der Waals surface area contributed by atoms with E-state index in [1.54, 1.807) is 11.6 Å². The number of hydrogen-bond donors (Lipinski definition) is 1. The Morgan fingerprint density at radius 1 is 1.21 bits per heavy atom. The van der Waals surface area contributed by atoms with Gasteiger partial charge < -0.3 is 4.42 Å². The van der Waals surface area contributed by atoms with E-state index >= 15 is 0 Å². The van der Waals surface area contributed by atoms with Crippen molar-refractivity contribution in [1.29, 1.82) is 5.41 Å². The molecule has 0 unspecified atom stereocenters. The zero-order chi connectivity index (χ0) is 16.5. The van der Waals surface area contributed by atoms with Crippen molar-refractivity contribution in [3.63, 3.8) is 0 Å². The van der Waals surface area contributed by atoms with Crippen LogP contribution in [0, 0.1) is 5.41 Å². The summed E-state index contributed by atoms with van der Waals surface area (Å²) in [4.78, 5) is 17.1. The number of nitrogens with one attached hydrogen (secondary N) is 1. The molecule has 2 aliphatic heterocycles. The Kier molecular flexibility index (Phi) is 3.83. The minimum Gasteiger partial charge on any atom is -0.450 e. The first-order valence-corrected chi connectivity index (χ1v) is 8.66. The summed E-state index contributed by atoms with van der Waals surface area (Å²) in [6, 6.07) is 13.5. The molecule has 1 aromatic heterocycles. The molecule has 1 aromatic carbocycles. The lowest BCUT2D eigenvalue weighted by Crippen LogP contribution is -2.35. The topological polar surface area (TPSA) is 82.0 Å². The van der Waals surface area contributed by atoms with E-state index in [9.17, 15) is 4.79 Å². The minimum absolute atomic E-state index is 0.0000811. The van der Waals surface area contributed by atoms with Gasteiger partial charge in [0.1, 0.15) is 5.76 Å². The van der Waals surface area contributed by atoms with Crippen LogP contribution in [-0.4, -0.2) is 27.5 Å². The van der Waals surface area contributed by atoms with E-state index in [0.29, 0.717) is 16.0 Å². The summed E-state index contributed by atoms with van der Waals surface area (Å²) in [6.45, 7) is 0. The third-order valence-corrected chi connectivity index (χ3v) is 4.85. The molecule has 0 atom stereocenters. The number of carbonyl (C=O) groups excluding carboxylic acids is 1. The van der Waals surface area contributed by atoms with Gasteiger partial charge in [-0.2, -0.15) is 15.1 Å². The molecular formula is C16H10N4O2S2. The molecule has 0 spiro atoms. The number of amidine groups is 2. The highest BCUT2D eigenvalue weighted by Crippen LogP contribution is 2.30. The van der Waals surface area contributed by atoms with E-state index in [2.05, 4.69) is 10.1 Å². The van der Waals surface area contributed by atoms with Crippen LogP contribution in [0.4, 0.5) is 0 Å². The molecule has 0 radical (unpaired) electrons. The smallest absolute Gasteiger partial charge is 0.283 e. The highest BCUT2D eigenvalue weighted by Gasteiger charge is 2.32. The molecule has 6 nitrogen and oxygen atoms in total. The summed E-state index contributed by atoms with van der Waals surface area (Å²) in [5.74, 6) is 0.0360. The van der Waals surface area contributed by atoms with Crippen LogP contribution < -0.4 is 0 Å². The van der Waals surface area contributed by atoms with Gasteiger partial charge in [-0.25, -0.2) is 0 Å². The number of nitrogens with zero attached hydrogens (tertiary/aromatic N) is 3. The molecule has 0 aliphatic carbocycles. The van der Waals surface area contributed by atoms with Crippen LogP contribution in [0.25, 0.3) is 6.08 Å². The van der Waals surface area contributed by atoms with Crippen molar-refractivity contribution in [2.45, 2.75) is 9.99 Å². The van der Waals surface area contributed by atoms with Gasteiger partial charge in [-0.05, 0) is 42.1 Å². The van der Waals surface area contributed by atoms with Crippen LogP contribution in [0.5, 0.6) is 0 Å².